The van der Waals surface area contributed by atoms with Crippen LogP contribution in [0.1, 0.15) is 46.4 Å². The van der Waals surface area contributed by atoms with E-state index < -0.39 is 0 Å². The first-order valence-corrected chi connectivity index (χ1v) is 7.00. The highest BCUT2D eigenvalue weighted by Crippen LogP contribution is 2.26. The van der Waals surface area contributed by atoms with E-state index in [4.69, 9.17) is 0 Å². The minimum atomic E-state index is 0.268. The van der Waals surface area contributed by atoms with Crippen LogP contribution in [0, 0.1) is 11.3 Å². The average molecular weight is 252 g/mol. The molecule has 0 saturated heterocycles. The molecule has 0 bridgehead atoms. The van der Waals surface area contributed by atoms with E-state index in [1.54, 1.807) is 6.33 Å². The lowest BCUT2D eigenvalue weighted by Gasteiger charge is -2.29. The van der Waals surface area contributed by atoms with Crippen LogP contribution in [0.3, 0.4) is 0 Å². The maximum Gasteiger partial charge on any atom is 0.138 e. The van der Waals surface area contributed by atoms with Crippen LogP contribution >= 0.6 is 0 Å². The zero-order chi connectivity index (χ0) is 13.6. The van der Waals surface area contributed by atoms with Gasteiger partial charge in [-0.1, -0.05) is 34.1 Å². The maximum atomic E-state index is 4.35. The van der Waals surface area contributed by atoms with E-state index in [1.165, 1.54) is 12.8 Å². The first-order chi connectivity index (χ1) is 8.47. The van der Waals surface area contributed by atoms with Gasteiger partial charge in [-0.2, -0.15) is 5.10 Å². The van der Waals surface area contributed by atoms with Crippen molar-refractivity contribution in [1.29, 1.82) is 0 Å². The van der Waals surface area contributed by atoms with E-state index >= 15 is 0 Å². The maximum absolute atomic E-state index is 4.35. The molecule has 18 heavy (non-hydrogen) atoms. The number of aryl methyl sites for hydroxylation is 1. The van der Waals surface area contributed by atoms with Crippen molar-refractivity contribution in [2.75, 3.05) is 13.1 Å². The number of hydrogen-bond donors (Lipinski definition) is 1. The van der Waals surface area contributed by atoms with Crippen molar-refractivity contribution in [2.45, 2.75) is 47.0 Å². The lowest BCUT2D eigenvalue weighted by atomic mass is 9.81. The summed E-state index contributed by atoms with van der Waals surface area (Å²) in [6.45, 7) is 11.2. The smallest absolute Gasteiger partial charge is 0.138 e. The van der Waals surface area contributed by atoms with E-state index in [0.29, 0.717) is 5.92 Å². The predicted molar refractivity (Wildman–Crippen MR) is 75.4 cm³/mol. The number of nitrogens with zero attached hydrogens (tertiary/aromatic N) is 3. The van der Waals surface area contributed by atoms with E-state index in [9.17, 15) is 0 Å². The van der Waals surface area contributed by atoms with Crippen LogP contribution in [0.2, 0.25) is 0 Å². The van der Waals surface area contributed by atoms with Crippen molar-refractivity contribution in [2.24, 2.45) is 18.4 Å². The second kappa shape index (κ2) is 6.88. The van der Waals surface area contributed by atoms with Gasteiger partial charge in [0.25, 0.3) is 0 Å². The molecule has 1 unspecified atom stereocenters. The van der Waals surface area contributed by atoms with Gasteiger partial charge >= 0.3 is 0 Å². The molecular formula is C14H28N4. The molecule has 0 aliphatic carbocycles. The molecule has 4 nitrogen and oxygen atoms in total. The van der Waals surface area contributed by atoms with E-state index in [1.807, 2.05) is 11.7 Å². The number of aromatic nitrogens is 3. The van der Waals surface area contributed by atoms with Crippen LogP contribution in [0.25, 0.3) is 0 Å². The fourth-order valence-electron chi connectivity index (χ4n) is 2.37. The molecule has 1 aromatic heterocycles. The van der Waals surface area contributed by atoms with Gasteiger partial charge in [0.2, 0.25) is 0 Å². The van der Waals surface area contributed by atoms with Crippen LogP contribution in [-0.4, -0.2) is 27.9 Å². The summed E-state index contributed by atoms with van der Waals surface area (Å²) in [5.41, 5.74) is 0.268. The van der Waals surface area contributed by atoms with Crippen LogP contribution in [0.4, 0.5) is 0 Å². The molecule has 1 atom stereocenters. The minimum Gasteiger partial charge on any atom is -0.316 e. The Balaban J connectivity index is 2.59. The van der Waals surface area contributed by atoms with Gasteiger partial charge in [-0.25, -0.2) is 4.98 Å². The van der Waals surface area contributed by atoms with Gasteiger partial charge < -0.3 is 5.32 Å². The molecule has 0 amide bonds. The van der Waals surface area contributed by atoms with Crippen molar-refractivity contribution >= 4 is 0 Å². The zero-order valence-corrected chi connectivity index (χ0v) is 12.5. The minimum absolute atomic E-state index is 0.268. The summed E-state index contributed by atoms with van der Waals surface area (Å²) in [6, 6.07) is 0. The second-order valence-corrected chi connectivity index (χ2v) is 6.06. The summed E-state index contributed by atoms with van der Waals surface area (Å²) in [6.07, 6.45) is 5.05. The van der Waals surface area contributed by atoms with Crippen molar-refractivity contribution in [3.63, 3.8) is 0 Å². The Morgan fingerprint density at radius 1 is 1.44 bits per heavy atom. The molecule has 104 valence electrons. The molecule has 4 heteroatoms. The van der Waals surface area contributed by atoms with Gasteiger partial charge in [0.05, 0.1) is 0 Å². The quantitative estimate of drug-likeness (QED) is 0.772. The fourth-order valence-corrected chi connectivity index (χ4v) is 2.37. The standard InChI is InChI=1S/C14H28N4/c1-6-7-14(4,10-15-9-12(2)3)8-13-16-11-17-18(13)5/h11-12,15H,6-10H2,1-5H3. The van der Waals surface area contributed by atoms with Crippen molar-refractivity contribution in [3.8, 4) is 0 Å². The Labute approximate surface area is 111 Å². The number of hydrogen-bond acceptors (Lipinski definition) is 3. The molecule has 0 radical (unpaired) electrons. The normalized spacial score (nSPS) is 15.0. The van der Waals surface area contributed by atoms with Gasteiger partial charge in [-0.3, -0.25) is 4.68 Å². The van der Waals surface area contributed by atoms with Crippen molar-refractivity contribution in [3.05, 3.63) is 12.2 Å². The largest absolute Gasteiger partial charge is 0.316 e. The summed E-state index contributed by atoms with van der Waals surface area (Å²) in [7, 11) is 1.97. The molecule has 0 aliphatic rings. The summed E-state index contributed by atoms with van der Waals surface area (Å²) in [4.78, 5) is 4.35. The van der Waals surface area contributed by atoms with Gasteiger partial charge in [0.1, 0.15) is 12.2 Å². The predicted octanol–water partition coefficient (Wildman–Crippen LogP) is 2.41. The zero-order valence-electron chi connectivity index (χ0n) is 12.5. The highest BCUT2D eigenvalue weighted by atomic mass is 15.3. The van der Waals surface area contributed by atoms with E-state index in [2.05, 4.69) is 43.1 Å². The van der Waals surface area contributed by atoms with Crippen LogP contribution < -0.4 is 5.32 Å². The van der Waals surface area contributed by atoms with Crippen molar-refractivity contribution < 1.29 is 0 Å². The molecule has 0 aromatic carbocycles. The SMILES string of the molecule is CCCC(C)(CNCC(C)C)Cc1ncnn1C. The Hall–Kier alpha value is -0.900. The summed E-state index contributed by atoms with van der Waals surface area (Å²) in [5, 5.41) is 7.74. The van der Waals surface area contributed by atoms with Crippen LogP contribution in [0.5, 0.6) is 0 Å². The topological polar surface area (TPSA) is 42.7 Å². The average Bonchev–Trinajstić information content (AvgIpc) is 2.64. The van der Waals surface area contributed by atoms with Gasteiger partial charge in [0, 0.05) is 20.0 Å². The molecule has 0 spiro atoms. The van der Waals surface area contributed by atoms with E-state index in [-0.39, 0.29) is 5.41 Å². The molecule has 1 rings (SSSR count). The lowest BCUT2D eigenvalue weighted by molar-refractivity contribution is 0.262. The third kappa shape index (κ3) is 4.77. The number of nitrogens with one attached hydrogen (secondary N) is 1. The molecule has 0 aliphatic heterocycles. The Kier molecular flexibility index (Phi) is 5.79. The number of rotatable bonds is 8. The van der Waals surface area contributed by atoms with E-state index in [0.717, 1.165) is 25.3 Å². The molecule has 1 aromatic rings. The van der Waals surface area contributed by atoms with Crippen molar-refractivity contribution in [1.82, 2.24) is 20.1 Å². The van der Waals surface area contributed by atoms with Gasteiger partial charge in [-0.05, 0) is 24.3 Å². The van der Waals surface area contributed by atoms with Crippen LogP contribution in [0.15, 0.2) is 6.33 Å². The van der Waals surface area contributed by atoms with Crippen LogP contribution in [-0.2, 0) is 13.5 Å². The van der Waals surface area contributed by atoms with Gasteiger partial charge in [0.15, 0.2) is 0 Å². The summed E-state index contributed by atoms with van der Waals surface area (Å²) in [5.74, 6) is 1.78. The third-order valence-electron chi connectivity index (χ3n) is 3.35. The molecule has 0 saturated carbocycles. The molecular weight excluding hydrogens is 224 g/mol. The van der Waals surface area contributed by atoms with Gasteiger partial charge in [-0.15, -0.1) is 0 Å². The summed E-state index contributed by atoms with van der Waals surface area (Å²) >= 11 is 0. The Bertz CT molecular complexity index is 345. The fraction of sp³-hybridized carbons (Fsp3) is 0.857. The molecule has 0 fully saturated rings. The highest BCUT2D eigenvalue weighted by molar-refractivity contribution is 4.92. The Morgan fingerprint density at radius 2 is 2.17 bits per heavy atom. The first-order valence-electron chi connectivity index (χ1n) is 7.00. The summed E-state index contributed by atoms with van der Waals surface area (Å²) < 4.78 is 1.89. The second-order valence-electron chi connectivity index (χ2n) is 6.06. The monoisotopic (exact) mass is 252 g/mol. The first kappa shape index (κ1) is 15.2. The molecule has 1 N–H and O–H groups in total. The third-order valence-corrected chi connectivity index (χ3v) is 3.35. The Morgan fingerprint density at radius 3 is 2.67 bits per heavy atom. The highest BCUT2D eigenvalue weighted by Gasteiger charge is 2.25. The lowest BCUT2D eigenvalue weighted by Crippen LogP contribution is -2.36. The molecule has 1 heterocycles.